The predicted molar refractivity (Wildman–Crippen MR) is 233 cm³/mol. The van der Waals surface area contributed by atoms with Gasteiger partial charge < -0.3 is 14.2 Å². The molecule has 0 bridgehead atoms. The van der Waals surface area contributed by atoms with Crippen molar-refractivity contribution in [3.63, 3.8) is 0 Å². The van der Waals surface area contributed by atoms with Gasteiger partial charge in [0, 0.05) is 19.3 Å². The van der Waals surface area contributed by atoms with Crippen LogP contribution >= 0.6 is 0 Å². The molecule has 0 aromatic rings. The third-order valence-corrected chi connectivity index (χ3v) is 10.8. The second-order valence-electron chi connectivity index (χ2n) is 16.4. The first kappa shape index (κ1) is 53.1. The maximum Gasteiger partial charge on any atom is 0.306 e. The standard InChI is InChI=1S/C49H92O6/c1-4-7-10-13-16-19-22-23-24-25-26-27-28-31-33-36-39-42-48(51)54-45-46(55-49(52)43-40-37-34-30-21-18-15-12-9-6-3)44-53-47(50)41-38-35-32-29-20-17-14-11-8-5-2/h23-24,46H,4-22,25-45H2,1-3H3/b24-23-. The summed E-state index contributed by atoms with van der Waals surface area (Å²) in [6.07, 6.45) is 47.6. The molecule has 1 atom stereocenters. The van der Waals surface area contributed by atoms with Crippen LogP contribution in [0, 0.1) is 0 Å². The van der Waals surface area contributed by atoms with Gasteiger partial charge in [0.05, 0.1) is 0 Å². The highest BCUT2D eigenvalue weighted by Gasteiger charge is 2.19. The quantitative estimate of drug-likeness (QED) is 0.0265. The minimum Gasteiger partial charge on any atom is -0.462 e. The van der Waals surface area contributed by atoms with Crippen LogP contribution < -0.4 is 0 Å². The summed E-state index contributed by atoms with van der Waals surface area (Å²) in [4.78, 5) is 37.7. The van der Waals surface area contributed by atoms with E-state index >= 15 is 0 Å². The average Bonchev–Trinajstić information content (AvgIpc) is 3.18. The van der Waals surface area contributed by atoms with Gasteiger partial charge in [0.1, 0.15) is 13.2 Å². The van der Waals surface area contributed by atoms with Crippen molar-refractivity contribution in [2.45, 2.75) is 271 Å². The summed E-state index contributed by atoms with van der Waals surface area (Å²) < 4.78 is 16.7. The fourth-order valence-corrected chi connectivity index (χ4v) is 7.08. The second-order valence-corrected chi connectivity index (χ2v) is 16.4. The minimum absolute atomic E-state index is 0.0669. The van der Waals surface area contributed by atoms with E-state index in [-0.39, 0.29) is 31.1 Å². The van der Waals surface area contributed by atoms with Gasteiger partial charge in [-0.15, -0.1) is 0 Å². The average molecular weight is 777 g/mol. The van der Waals surface area contributed by atoms with Gasteiger partial charge in [0.2, 0.25) is 0 Å². The van der Waals surface area contributed by atoms with E-state index in [1.807, 2.05) is 0 Å². The van der Waals surface area contributed by atoms with Crippen molar-refractivity contribution < 1.29 is 28.6 Å². The van der Waals surface area contributed by atoms with Gasteiger partial charge in [-0.2, -0.15) is 0 Å². The highest BCUT2D eigenvalue weighted by atomic mass is 16.6. The summed E-state index contributed by atoms with van der Waals surface area (Å²) in [7, 11) is 0. The molecule has 0 aliphatic heterocycles. The topological polar surface area (TPSA) is 78.9 Å². The molecule has 0 saturated heterocycles. The molecular formula is C49H92O6. The van der Waals surface area contributed by atoms with Crippen LogP contribution in [-0.2, 0) is 28.6 Å². The van der Waals surface area contributed by atoms with Crippen molar-refractivity contribution in [1.82, 2.24) is 0 Å². The Kier molecular flexibility index (Phi) is 43.4. The van der Waals surface area contributed by atoms with Crippen LogP contribution in [0.3, 0.4) is 0 Å². The Morgan fingerprint density at radius 2 is 0.600 bits per heavy atom. The molecular weight excluding hydrogens is 685 g/mol. The van der Waals surface area contributed by atoms with E-state index in [4.69, 9.17) is 14.2 Å². The molecule has 6 heteroatoms. The number of carbonyl (C=O) groups is 3. The Bertz CT molecular complexity index is 854. The Labute approximate surface area is 341 Å². The Morgan fingerprint density at radius 3 is 0.909 bits per heavy atom. The maximum atomic E-state index is 12.7. The van der Waals surface area contributed by atoms with E-state index < -0.39 is 6.10 Å². The number of allylic oxidation sites excluding steroid dienone is 2. The van der Waals surface area contributed by atoms with E-state index in [1.165, 1.54) is 167 Å². The second kappa shape index (κ2) is 44.9. The summed E-state index contributed by atoms with van der Waals surface area (Å²) in [6.45, 7) is 6.62. The third-order valence-electron chi connectivity index (χ3n) is 10.8. The lowest BCUT2D eigenvalue weighted by Gasteiger charge is -2.18. The van der Waals surface area contributed by atoms with E-state index in [0.717, 1.165) is 57.8 Å². The molecule has 0 aromatic carbocycles. The van der Waals surface area contributed by atoms with E-state index in [2.05, 4.69) is 32.9 Å². The first-order chi connectivity index (χ1) is 27.0. The molecule has 6 nitrogen and oxygen atoms in total. The number of carbonyl (C=O) groups excluding carboxylic acids is 3. The first-order valence-electron chi connectivity index (χ1n) is 24.2. The fourth-order valence-electron chi connectivity index (χ4n) is 7.08. The van der Waals surface area contributed by atoms with Gasteiger partial charge in [-0.1, -0.05) is 213 Å². The number of rotatable bonds is 44. The van der Waals surface area contributed by atoms with Crippen LogP contribution in [0.25, 0.3) is 0 Å². The summed E-state index contributed by atoms with van der Waals surface area (Å²) >= 11 is 0. The molecule has 55 heavy (non-hydrogen) atoms. The number of esters is 3. The molecule has 0 spiro atoms. The lowest BCUT2D eigenvalue weighted by molar-refractivity contribution is -0.167. The molecule has 0 rings (SSSR count). The van der Waals surface area contributed by atoms with Crippen molar-refractivity contribution in [3.05, 3.63) is 12.2 Å². The van der Waals surface area contributed by atoms with Crippen LogP contribution in [0.1, 0.15) is 265 Å². The normalized spacial score (nSPS) is 12.0. The van der Waals surface area contributed by atoms with E-state index in [0.29, 0.717) is 19.3 Å². The molecule has 0 aliphatic carbocycles. The highest BCUT2D eigenvalue weighted by molar-refractivity contribution is 5.71. The molecule has 0 N–H and O–H groups in total. The number of hydrogen-bond donors (Lipinski definition) is 0. The van der Waals surface area contributed by atoms with Gasteiger partial charge in [-0.05, 0) is 44.9 Å². The van der Waals surface area contributed by atoms with Crippen LogP contribution in [0.2, 0.25) is 0 Å². The molecule has 0 aliphatic rings. The first-order valence-corrected chi connectivity index (χ1v) is 24.2. The lowest BCUT2D eigenvalue weighted by Crippen LogP contribution is -2.30. The fraction of sp³-hybridized carbons (Fsp3) is 0.898. The molecule has 0 amide bonds. The number of unbranched alkanes of at least 4 members (excludes halogenated alkanes) is 31. The molecule has 0 radical (unpaired) electrons. The molecule has 0 heterocycles. The Balaban J connectivity index is 4.27. The van der Waals surface area contributed by atoms with Gasteiger partial charge in [0.25, 0.3) is 0 Å². The Hall–Kier alpha value is -1.85. The van der Waals surface area contributed by atoms with Gasteiger partial charge >= 0.3 is 17.9 Å². The Morgan fingerprint density at radius 1 is 0.345 bits per heavy atom. The van der Waals surface area contributed by atoms with Crippen LogP contribution in [0.4, 0.5) is 0 Å². The third kappa shape index (κ3) is 43.1. The lowest BCUT2D eigenvalue weighted by atomic mass is 10.1. The van der Waals surface area contributed by atoms with Crippen LogP contribution in [0.5, 0.6) is 0 Å². The molecule has 0 saturated carbocycles. The van der Waals surface area contributed by atoms with Crippen molar-refractivity contribution in [3.8, 4) is 0 Å². The summed E-state index contributed by atoms with van der Waals surface area (Å²) in [5, 5.41) is 0. The summed E-state index contributed by atoms with van der Waals surface area (Å²) in [5.41, 5.74) is 0. The zero-order chi connectivity index (χ0) is 40.1. The SMILES string of the molecule is CCCCCCCC/C=C\CCCCCCCCCC(=O)OCC(COC(=O)CCCCCCCCCCCC)OC(=O)CCCCCCCCCCCC. The highest BCUT2D eigenvalue weighted by Crippen LogP contribution is 2.15. The van der Waals surface area contributed by atoms with Crippen LogP contribution in [0.15, 0.2) is 12.2 Å². The molecule has 0 aromatic heterocycles. The molecule has 1 unspecified atom stereocenters. The predicted octanol–water partition coefficient (Wildman–Crippen LogP) is 15.4. The van der Waals surface area contributed by atoms with Crippen molar-refractivity contribution >= 4 is 17.9 Å². The summed E-state index contributed by atoms with van der Waals surface area (Å²) in [6, 6.07) is 0. The van der Waals surface area contributed by atoms with Gasteiger partial charge in [-0.25, -0.2) is 0 Å². The smallest absolute Gasteiger partial charge is 0.306 e. The van der Waals surface area contributed by atoms with E-state index in [9.17, 15) is 14.4 Å². The van der Waals surface area contributed by atoms with Gasteiger partial charge in [0.15, 0.2) is 6.10 Å². The molecule has 324 valence electrons. The number of hydrogen-bond acceptors (Lipinski definition) is 6. The minimum atomic E-state index is -0.762. The zero-order valence-electron chi connectivity index (χ0n) is 37.0. The van der Waals surface area contributed by atoms with Crippen LogP contribution in [-0.4, -0.2) is 37.2 Å². The molecule has 0 fully saturated rings. The van der Waals surface area contributed by atoms with E-state index in [1.54, 1.807) is 0 Å². The van der Waals surface area contributed by atoms with Crippen molar-refractivity contribution in [2.75, 3.05) is 13.2 Å². The summed E-state index contributed by atoms with van der Waals surface area (Å²) in [5.74, 6) is -0.864. The maximum absolute atomic E-state index is 12.7. The number of ether oxygens (including phenoxy) is 3. The van der Waals surface area contributed by atoms with Crippen molar-refractivity contribution in [2.24, 2.45) is 0 Å². The monoisotopic (exact) mass is 777 g/mol. The largest absolute Gasteiger partial charge is 0.462 e. The zero-order valence-corrected chi connectivity index (χ0v) is 37.0. The van der Waals surface area contributed by atoms with Gasteiger partial charge in [-0.3, -0.25) is 14.4 Å². The van der Waals surface area contributed by atoms with Crippen molar-refractivity contribution in [1.29, 1.82) is 0 Å².